The molecule has 0 amide bonds. The van der Waals surface area contributed by atoms with E-state index in [9.17, 15) is 0 Å². The predicted molar refractivity (Wildman–Crippen MR) is 81.7 cm³/mol. The normalized spacial score (nSPS) is 23.1. The highest BCUT2D eigenvalue weighted by Gasteiger charge is 2.27. The fourth-order valence-corrected chi connectivity index (χ4v) is 4.13. The number of hydrogen-bond donors (Lipinski definition) is 0. The van der Waals surface area contributed by atoms with Gasteiger partial charge in [0.15, 0.2) is 0 Å². The summed E-state index contributed by atoms with van der Waals surface area (Å²) in [5.74, 6) is 0.804. The van der Waals surface area contributed by atoms with Crippen molar-refractivity contribution in [1.29, 1.82) is 0 Å². The Labute approximate surface area is 118 Å². The number of nitrogens with zero attached hydrogens (tertiary/aromatic N) is 1. The van der Waals surface area contributed by atoms with E-state index in [1.165, 1.54) is 62.7 Å². The Morgan fingerprint density at radius 3 is 2.26 bits per heavy atom. The van der Waals surface area contributed by atoms with E-state index in [0.29, 0.717) is 0 Å². The zero-order valence-corrected chi connectivity index (χ0v) is 12.5. The second-order valence-corrected chi connectivity index (χ2v) is 6.61. The van der Waals surface area contributed by atoms with Crippen LogP contribution in [0.1, 0.15) is 61.1 Å². The van der Waals surface area contributed by atoms with E-state index in [1.807, 2.05) is 0 Å². The van der Waals surface area contributed by atoms with Crippen LogP contribution in [-0.2, 0) is 0 Å². The molecular formula is C18H27N. The average Bonchev–Trinajstić information content (AvgIpc) is 2.93. The van der Waals surface area contributed by atoms with Crippen molar-refractivity contribution in [3.05, 3.63) is 34.9 Å². The van der Waals surface area contributed by atoms with E-state index in [1.54, 1.807) is 5.56 Å². The molecule has 0 atom stereocenters. The maximum atomic E-state index is 2.77. The van der Waals surface area contributed by atoms with Crippen LogP contribution in [0.4, 0.5) is 0 Å². The van der Waals surface area contributed by atoms with Crippen molar-refractivity contribution in [2.75, 3.05) is 13.1 Å². The number of hydrogen-bond acceptors (Lipinski definition) is 1. The maximum absolute atomic E-state index is 2.77. The molecule has 0 N–H and O–H groups in total. The summed E-state index contributed by atoms with van der Waals surface area (Å²) in [7, 11) is 0. The molecule has 1 aromatic carbocycles. The van der Waals surface area contributed by atoms with E-state index < -0.39 is 0 Å². The van der Waals surface area contributed by atoms with Crippen molar-refractivity contribution in [2.24, 2.45) is 0 Å². The Bertz CT molecular complexity index is 423. The van der Waals surface area contributed by atoms with Crippen LogP contribution >= 0.6 is 0 Å². The van der Waals surface area contributed by atoms with Gasteiger partial charge in [-0.05, 0) is 69.7 Å². The molecule has 0 bridgehead atoms. The zero-order chi connectivity index (χ0) is 13.2. The fraction of sp³-hybridized carbons (Fsp3) is 0.667. The molecular weight excluding hydrogens is 230 g/mol. The second-order valence-electron chi connectivity index (χ2n) is 6.61. The van der Waals surface area contributed by atoms with Crippen LogP contribution < -0.4 is 0 Å². The van der Waals surface area contributed by atoms with E-state index >= 15 is 0 Å². The Morgan fingerprint density at radius 2 is 1.63 bits per heavy atom. The van der Waals surface area contributed by atoms with E-state index in [-0.39, 0.29) is 0 Å². The summed E-state index contributed by atoms with van der Waals surface area (Å²) in [4.78, 5) is 2.77. The third-order valence-electron chi connectivity index (χ3n) is 5.24. The van der Waals surface area contributed by atoms with Crippen molar-refractivity contribution < 1.29 is 0 Å². The number of piperidine rings is 1. The lowest BCUT2D eigenvalue weighted by molar-refractivity contribution is 0.154. The van der Waals surface area contributed by atoms with Crippen LogP contribution in [-0.4, -0.2) is 24.0 Å². The largest absolute Gasteiger partial charge is 0.300 e. The lowest BCUT2D eigenvalue weighted by Gasteiger charge is -2.36. The van der Waals surface area contributed by atoms with Gasteiger partial charge in [0.1, 0.15) is 0 Å². The van der Waals surface area contributed by atoms with E-state index in [2.05, 4.69) is 36.9 Å². The third-order valence-corrected chi connectivity index (χ3v) is 5.24. The molecule has 19 heavy (non-hydrogen) atoms. The minimum Gasteiger partial charge on any atom is -0.300 e. The Hall–Kier alpha value is -0.820. The van der Waals surface area contributed by atoms with Gasteiger partial charge in [0, 0.05) is 6.04 Å². The maximum Gasteiger partial charge on any atom is 0.00952 e. The summed E-state index contributed by atoms with van der Waals surface area (Å²) < 4.78 is 0. The molecule has 0 unspecified atom stereocenters. The third kappa shape index (κ3) is 2.86. The lowest BCUT2D eigenvalue weighted by Crippen LogP contribution is -2.39. The SMILES string of the molecule is Cc1ccc(C2CCN(C3CCCC3)CC2)c(C)c1. The molecule has 0 aromatic heterocycles. The summed E-state index contributed by atoms with van der Waals surface area (Å²) >= 11 is 0. The molecule has 2 aliphatic rings. The molecule has 3 rings (SSSR count). The average molecular weight is 257 g/mol. The number of likely N-dealkylation sites (tertiary alicyclic amines) is 1. The summed E-state index contributed by atoms with van der Waals surface area (Å²) in [6.45, 7) is 7.12. The van der Waals surface area contributed by atoms with Gasteiger partial charge in [0.05, 0.1) is 0 Å². The summed E-state index contributed by atoms with van der Waals surface area (Å²) in [6, 6.07) is 7.92. The first kappa shape index (κ1) is 13.2. The molecule has 0 radical (unpaired) electrons. The molecule has 1 aliphatic carbocycles. The van der Waals surface area contributed by atoms with E-state index in [0.717, 1.165) is 12.0 Å². The van der Waals surface area contributed by atoms with Crippen LogP contribution in [0.15, 0.2) is 18.2 Å². The highest BCUT2D eigenvalue weighted by atomic mass is 15.2. The van der Waals surface area contributed by atoms with Crippen molar-refractivity contribution in [3.63, 3.8) is 0 Å². The summed E-state index contributed by atoms with van der Waals surface area (Å²) in [6.07, 6.45) is 8.55. The lowest BCUT2D eigenvalue weighted by atomic mass is 9.86. The van der Waals surface area contributed by atoms with Gasteiger partial charge >= 0.3 is 0 Å². The van der Waals surface area contributed by atoms with Gasteiger partial charge in [-0.25, -0.2) is 0 Å². The van der Waals surface area contributed by atoms with Crippen molar-refractivity contribution in [1.82, 2.24) is 4.90 Å². The highest BCUT2D eigenvalue weighted by Crippen LogP contribution is 2.33. The standard InChI is InChI=1S/C18H27N/c1-14-7-8-18(15(2)13-14)16-9-11-19(12-10-16)17-5-3-4-6-17/h7-8,13,16-17H,3-6,9-12H2,1-2H3. The molecule has 1 heterocycles. The molecule has 1 aliphatic heterocycles. The first-order chi connectivity index (χ1) is 9.24. The molecule has 1 aromatic rings. The van der Waals surface area contributed by atoms with Gasteiger partial charge in [-0.2, -0.15) is 0 Å². The Morgan fingerprint density at radius 1 is 0.947 bits per heavy atom. The minimum absolute atomic E-state index is 0.804. The van der Waals surface area contributed by atoms with Gasteiger partial charge < -0.3 is 4.90 Å². The monoisotopic (exact) mass is 257 g/mol. The van der Waals surface area contributed by atoms with Crippen LogP contribution in [0.2, 0.25) is 0 Å². The fourth-order valence-electron chi connectivity index (χ4n) is 4.13. The van der Waals surface area contributed by atoms with Crippen molar-refractivity contribution in [2.45, 2.75) is 64.3 Å². The molecule has 2 fully saturated rings. The van der Waals surface area contributed by atoms with E-state index in [4.69, 9.17) is 0 Å². The van der Waals surface area contributed by atoms with Crippen molar-refractivity contribution in [3.8, 4) is 0 Å². The van der Waals surface area contributed by atoms with Crippen LogP contribution in [0.25, 0.3) is 0 Å². The van der Waals surface area contributed by atoms with Gasteiger partial charge in [-0.15, -0.1) is 0 Å². The molecule has 0 spiro atoms. The molecule has 1 saturated carbocycles. The molecule has 104 valence electrons. The van der Waals surface area contributed by atoms with Gasteiger partial charge in [-0.3, -0.25) is 0 Å². The number of benzene rings is 1. The topological polar surface area (TPSA) is 3.24 Å². The van der Waals surface area contributed by atoms with Crippen LogP contribution in [0, 0.1) is 13.8 Å². The minimum atomic E-state index is 0.804. The van der Waals surface area contributed by atoms with Gasteiger partial charge in [-0.1, -0.05) is 36.6 Å². The van der Waals surface area contributed by atoms with Crippen LogP contribution in [0.3, 0.4) is 0 Å². The van der Waals surface area contributed by atoms with Gasteiger partial charge in [0.25, 0.3) is 0 Å². The summed E-state index contributed by atoms with van der Waals surface area (Å²) in [5.41, 5.74) is 4.50. The zero-order valence-electron chi connectivity index (χ0n) is 12.5. The number of aryl methyl sites for hydroxylation is 2. The van der Waals surface area contributed by atoms with Crippen LogP contribution in [0.5, 0.6) is 0 Å². The highest BCUT2D eigenvalue weighted by molar-refractivity contribution is 5.33. The first-order valence-electron chi connectivity index (χ1n) is 8.05. The van der Waals surface area contributed by atoms with Crippen molar-refractivity contribution >= 4 is 0 Å². The predicted octanol–water partition coefficient (Wildman–Crippen LogP) is 4.43. The quantitative estimate of drug-likeness (QED) is 0.758. The Kier molecular flexibility index (Phi) is 3.93. The molecule has 1 heteroatoms. The summed E-state index contributed by atoms with van der Waals surface area (Å²) in [5, 5.41) is 0. The Balaban J connectivity index is 1.63. The molecule has 1 nitrogen and oxygen atoms in total. The smallest absolute Gasteiger partial charge is 0.00952 e. The first-order valence-corrected chi connectivity index (χ1v) is 8.05. The second kappa shape index (κ2) is 5.66. The number of rotatable bonds is 2. The van der Waals surface area contributed by atoms with Gasteiger partial charge in [0.2, 0.25) is 0 Å². The molecule has 1 saturated heterocycles.